The monoisotopic (exact) mass is 522 g/mol. The van der Waals surface area contributed by atoms with Crippen LogP contribution in [-0.4, -0.2) is 48.2 Å². The second kappa shape index (κ2) is 10.6. The Labute approximate surface area is 206 Å². The van der Waals surface area contributed by atoms with Gasteiger partial charge in [-0.15, -0.1) is 0 Å². The standard InChI is InChI=1S/C21H15ClN2O8S2/c22-14-4-2-1-3-11(14)10-32-16-6-5-13(24(30)31)7-12(16)8-17-19(27)23(21(33)34-17)15(20(28)29)9-18(25)26/h1-8,15H,9-10H2,(H,25,26)(H,28,29). The van der Waals surface area contributed by atoms with Gasteiger partial charge in [0.15, 0.2) is 0 Å². The van der Waals surface area contributed by atoms with Gasteiger partial charge in [0.05, 0.1) is 16.2 Å². The lowest BCUT2D eigenvalue weighted by Gasteiger charge is -2.21. The zero-order valence-electron chi connectivity index (χ0n) is 17.0. The molecule has 1 aliphatic rings. The van der Waals surface area contributed by atoms with Crippen LogP contribution in [0.25, 0.3) is 6.08 Å². The number of nitrogens with zero attached hydrogens (tertiary/aromatic N) is 2. The van der Waals surface area contributed by atoms with Crippen LogP contribution in [0, 0.1) is 10.1 Å². The summed E-state index contributed by atoms with van der Waals surface area (Å²) in [5, 5.41) is 30.1. The molecule has 1 unspecified atom stereocenters. The fourth-order valence-electron chi connectivity index (χ4n) is 3.01. The lowest BCUT2D eigenvalue weighted by molar-refractivity contribution is -0.384. The summed E-state index contributed by atoms with van der Waals surface area (Å²) in [6.07, 6.45) is 0.436. The molecule has 34 heavy (non-hydrogen) atoms. The lowest BCUT2D eigenvalue weighted by atomic mass is 10.1. The van der Waals surface area contributed by atoms with Crippen molar-refractivity contribution >= 4 is 69.5 Å². The van der Waals surface area contributed by atoms with Crippen molar-refractivity contribution in [2.75, 3.05) is 0 Å². The number of benzene rings is 2. The van der Waals surface area contributed by atoms with Gasteiger partial charge in [0.2, 0.25) is 0 Å². The summed E-state index contributed by atoms with van der Waals surface area (Å²) in [6, 6.07) is 9.04. The largest absolute Gasteiger partial charge is 0.488 e. The predicted molar refractivity (Wildman–Crippen MR) is 128 cm³/mol. The molecule has 1 heterocycles. The van der Waals surface area contributed by atoms with Crippen molar-refractivity contribution in [1.82, 2.24) is 4.90 Å². The van der Waals surface area contributed by atoms with Crippen LogP contribution in [0.5, 0.6) is 5.75 Å². The number of nitro groups is 1. The molecule has 2 aromatic carbocycles. The molecule has 1 amide bonds. The first-order valence-electron chi connectivity index (χ1n) is 9.44. The van der Waals surface area contributed by atoms with Crippen LogP contribution < -0.4 is 4.74 Å². The van der Waals surface area contributed by atoms with Crippen molar-refractivity contribution in [2.24, 2.45) is 0 Å². The highest BCUT2D eigenvalue weighted by molar-refractivity contribution is 8.26. The van der Waals surface area contributed by atoms with Gasteiger partial charge in [0, 0.05) is 28.3 Å². The number of halogens is 1. The van der Waals surface area contributed by atoms with E-state index in [1.165, 1.54) is 24.3 Å². The number of carbonyl (C=O) groups excluding carboxylic acids is 1. The highest BCUT2D eigenvalue weighted by atomic mass is 35.5. The zero-order valence-corrected chi connectivity index (χ0v) is 19.4. The molecule has 13 heteroatoms. The van der Waals surface area contributed by atoms with Crippen LogP contribution in [0.3, 0.4) is 0 Å². The Morgan fingerprint density at radius 3 is 2.59 bits per heavy atom. The number of rotatable bonds is 9. The fourth-order valence-corrected chi connectivity index (χ4v) is 4.55. The van der Waals surface area contributed by atoms with Gasteiger partial charge in [-0.3, -0.25) is 24.6 Å². The Kier molecular flexibility index (Phi) is 7.87. The zero-order chi connectivity index (χ0) is 25.0. The number of hydrogen-bond acceptors (Lipinski definition) is 8. The Bertz CT molecular complexity index is 1230. The number of carbonyl (C=O) groups is 3. The van der Waals surface area contributed by atoms with Gasteiger partial charge >= 0.3 is 11.9 Å². The molecule has 1 atom stereocenters. The maximum absolute atomic E-state index is 12.9. The number of thiocarbonyl (C=S) groups is 1. The molecule has 1 saturated heterocycles. The van der Waals surface area contributed by atoms with Crippen LogP contribution in [0.2, 0.25) is 5.02 Å². The molecule has 0 saturated carbocycles. The first-order chi connectivity index (χ1) is 16.1. The topological polar surface area (TPSA) is 147 Å². The Morgan fingerprint density at radius 1 is 1.26 bits per heavy atom. The van der Waals surface area contributed by atoms with Crippen LogP contribution in [0.15, 0.2) is 47.4 Å². The molecule has 0 bridgehead atoms. The molecule has 0 aromatic heterocycles. The van der Waals surface area contributed by atoms with E-state index in [1.54, 1.807) is 24.3 Å². The first-order valence-corrected chi connectivity index (χ1v) is 11.0. The molecule has 0 radical (unpaired) electrons. The predicted octanol–water partition coefficient (Wildman–Crippen LogP) is 3.96. The van der Waals surface area contributed by atoms with Gasteiger partial charge in [-0.25, -0.2) is 4.79 Å². The summed E-state index contributed by atoms with van der Waals surface area (Å²) in [7, 11) is 0. The number of amides is 1. The van der Waals surface area contributed by atoms with Crippen LogP contribution in [-0.2, 0) is 21.0 Å². The van der Waals surface area contributed by atoms with Crippen molar-refractivity contribution in [3.05, 3.63) is 73.6 Å². The van der Waals surface area contributed by atoms with E-state index in [1.807, 2.05) is 0 Å². The summed E-state index contributed by atoms with van der Waals surface area (Å²) in [6.45, 7) is 0.0407. The highest BCUT2D eigenvalue weighted by Crippen LogP contribution is 2.37. The molecular weight excluding hydrogens is 508 g/mol. The number of ether oxygens (including phenoxy) is 1. The molecular formula is C21H15ClN2O8S2. The minimum atomic E-state index is -1.70. The Morgan fingerprint density at radius 2 is 1.97 bits per heavy atom. The summed E-state index contributed by atoms with van der Waals surface area (Å²) in [4.78, 5) is 46.8. The molecule has 2 aromatic rings. The Balaban J connectivity index is 1.96. The van der Waals surface area contributed by atoms with Crippen molar-refractivity contribution in [2.45, 2.75) is 19.1 Å². The average Bonchev–Trinajstić information content (AvgIpc) is 3.04. The van der Waals surface area contributed by atoms with Crippen molar-refractivity contribution in [3.8, 4) is 5.75 Å². The van der Waals surface area contributed by atoms with E-state index in [2.05, 4.69) is 0 Å². The molecule has 0 aliphatic carbocycles. The Hall–Kier alpha value is -3.48. The van der Waals surface area contributed by atoms with Crippen molar-refractivity contribution in [3.63, 3.8) is 0 Å². The number of hydrogen-bond donors (Lipinski definition) is 2. The van der Waals surface area contributed by atoms with Gasteiger partial charge in [-0.05, 0) is 18.2 Å². The smallest absolute Gasteiger partial charge is 0.327 e. The van der Waals surface area contributed by atoms with E-state index in [4.69, 9.17) is 33.7 Å². The second-order valence-corrected chi connectivity index (χ2v) is 8.95. The fraction of sp³-hybridized carbons (Fsp3) is 0.143. The molecule has 176 valence electrons. The lowest BCUT2D eigenvalue weighted by Crippen LogP contribution is -2.45. The summed E-state index contributed by atoms with van der Waals surface area (Å²) in [5.74, 6) is -3.57. The van der Waals surface area contributed by atoms with E-state index in [0.717, 1.165) is 11.8 Å². The third-order valence-corrected chi connectivity index (χ3v) is 6.32. The van der Waals surface area contributed by atoms with E-state index >= 15 is 0 Å². The number of carboxylic acids is 2. The quantitative estimate of drug-likeness (QED) is 0.214. The van der Waals surface area contributed by atoms with Gasteiger partial charge in [-0.1, -0.05) is 53.8 Å². The number of aliphatic carboxylic acids is 2. The number of nitro benzene ring substituents is 1. The molecule has 1 aliphatic heterocycles. The minimum absolute atomic E-state index is 0.0373. The van der Waals surface area contributed by atoms with Gasteiger partial charge in [-0.2, -0.15) is 0 Å². The summed E-state index contributed by atoms with van der Waals surface area (Å²) in [5.41, 5.74) is 0.575. The van der Waals surface area contributed by atoms with Crippen LogP contribution >= 0.6 is 35.6 Å². The van der Waals surface area contributed by atoms with Gasteiger partial charge in [0.1, 0.15) is 22.7 Å². The number of carboxylic acid groups (broad SMARTS) is 2. The third-order valence-electron chi connectivity index (χ3n) is 4.62. The maximum Gasteiger partial charge on any atom is 0.327 e. The molecule has 10 nitrogen and oxygen atoms in total. The normalized spacial score (nSPS) is 15.4. The SMILES string of the molecule is O=C(O)CC(C(=O)O)N1C(=O)C(=Cc2cc([N+](=O)[O-])ccc2OCc2ccccc2Cl)SC1=S. The van der Waals surface area contributed by atoms with Gasteiger partial charge in [0.25, 0.3) is 11.6 Å². The third kappa shape index (κ3) is 5.71. The maximum atomic E-state index is 12.9. The highest BCUT2D eigenvalue weighted by Gasteiger charge is 2.41. The van der Waals surface area contributed by atoms with E-state index in [9.17, 15) is 29.6 Å². The minimum Gasteiger partial charge on any atom is -0.488 e. The molecule has 3 rings (SSSR count). The van der Waals surface area contributed by atoms with Crippen molar-refractivity contribution in [1.29, 1.82) is 0 Å². The van der Waals surface area contributed by atoms with E-state index < -0.39 is 35.2 Å². The molecule has 2 N–H and O–H groups in total. The number of non-ortho nitro benzene ring substituents is 1. The number of thioether (sulfide) groups is 1. The van der Waals surface area contributed by atoms with E-state index in [0.29, 0.717) is 15.5 Å². The van der Waals surface area contributed by atoms with Crippen LogP contribution in [0.4, 0.5) is 5.69 Å². The van der Waals surface area contributed by atoms with E-state index in [-0.39, 0.29) is 32.8 Å². The van der Waals surface area contributed by atoms with Crippen LogP contribution in [0.1, 0.15) is 17.5 Å². The summed E-state index contributed by atoms with van der Waals surface area (Å²) >= 11 is 12.0. The first kappa shape index (κ1) is 25.1. The average molecular weight is 523 g/mol. The molecule has 0 spiro atoms. The van der Waals surface area contributed by atoms with Gasteiger partial charge < -0.3 is 14.9 Å². The second-order valence-electron chi connectivity index (χ2n) is 6.86. The molecule has 1 fully saturated rings. The summed E-state index contributed by atoms with van der Waals surface area (Å²) < 4.78 is 5.64. The van der Waals surface area contributed by atoms with Crippen molar-refractivity contribution < 1.29 is 34.3 Å².